The molecular formula is C36H48N6O7. The highest BCUT2D eigenvalue weighted by Gasteiger charge is 2.32. The summed E-state index contributed by atoms with van der Waals surface area (Å²) < 4.78 is 9.43. The van der Waals surface area contributed by atoms with Gasteiger partial charge in [-0.3, -0.25) is 20.0 Å². The van der Waals surface area contributed by atoms with Crippen molar-refractivity contribution in [2.24, 2.45) is 11.8 Å². The third kappa shape index (κ3) is 12.2. The van der Waals surface area contributed by atoms with Crippen LogP contribution < -0.4 is 21.4 Å². The summed E-state index contributed by atoms with van der Waals surface area (Å²) in [4.78, 5) is 55.5. The summed E-state index contributed by atoms with van der Waals surface area (Å²) in [6.07, 6.45) is -0.729. The normalized spacial score (nSPS) is 13.6. The molecule has 0 saturated heterocycles. The van der Waals surface area contributed by atoms with Gasteiger partial charge in [-0.25, -0.2) is 14.6 Å². The third-order valence-electron chi connectivity index (χ3n) is 7.87. The zero-order valence-corrected chi connectivity index (χ0v) is 28.9. The Bertz CT molecular complexity index is 1490. The van der Waals surface area contributed by atoms with Gasteiger partial charge in [-0.2, -0.15) is 0 Å². The highest BCUT2D eigenvalue weighted by atomic mass is 16.5. The van der Waals surface area contributed by atoms with Crippen molar-refractivity contribution in [3.8, 4) is 11.3 Å². The molecule has 0 radical (unpaired) electrons. The molecule has 0 fully saturated rings. The fraction of sp³-hybridized carbons (Fsp3) is 0.417. The van der Waals surface area contributed by atoms with Gasteiger partial charge >= 0.3 is 12.2 Å². The van der Waals surface area contributed by atoms with Gasteiger partial charge in [0.1, 0.15) is 12.1 Å². The molecular weight excluding hydrogens is 628 g/mol. The number of ether oxygens (including phenoxy) is 2. The molecule has 13 heteroatoms. The number of amides is 4. The van der Waals surface area contributed by atoms with Crippen molar-refractivity contribution in [1.82, 2.24) is 31.4 Å². The molecule has 1 aromatic heterocycles. The average molecular weight is 677 g/mol. The number of hydrogen-bond acceptors (Lipinski definition) is 9. The maximum Gasteiger partial charge on any atom is 0.407 e. The van der Waals surface area contributed by atoms with Crippen molar-refractivity contribution in [2.45, 2.75) is 64.9 Å². The van der Waals surface area contributed by atoms with Gasteiger partial charge in [-0.1, -0.05) is 88.4 Å². The molecule has 2 aromatic carbocycles. The first-order valence-corrected chi connectivity index (χ1v) is 16.2. The Hall–Kier alpha value is -5.01. The number of hydrogen-bond donors (Lipinski definition) is 5. The molecule has 49 heavy (non-hydrogen) atoms. The van der Waals surface area contributed by atoms with Gasteiger partial charge in [0.15, 0.2) is 0 Å². The molecule has 4 amide bonds. The molecule has 13 nitrogen and oxygen atoms in total. The van der Waals surface area contributed by atoms with E-state index in [9.17, 15) is 24.3 Å². The van der Waals surface area contributed by atoms with Crippen molar-refractivity contribution in [3.63, 3.8) is 0 Å². The van der Waals surface area contributed by atoms with Crippen molar-refractivity contribution in [3.05, 3.63) is 90.1 Å². The standard InChI is InChI=1S/C36H48N6O7/c1-23(2)31(39-35(46)48-5)33(44)38-29(20-25-12-8-7-9-13-25)30(43)22-42(41-34(45)32(24(3)4)40-36(47)49-6)21-26-15-17-27(18-16-26)28-14-10-11-19-37-28/h7-19,23-24,29-32,43H,20-22H2,1-6H3,(H,38,44)(H,39,46)(H,40,47)(H,41,45)/t29-,30?,31?,32?/m1/s1. The minimum absolute atomic E-state index is 0.106. The van der Waals surface area contributed by atoms with E-state index in [1.807, 2.05) is 72.8 Å². The molecule has 0 aliphatic rings. The first-order chi connectivity index (χ1) is 23.4. The molecule has 0 spiro atoms. The van der Waals surface area contributed by atoms with E-state index < -0.39 is 48.2 Å². The number of aliphatic hydroxyl groups excluding tert-OH is 1. The second kappa shape index (κ2) is 19.1. The number of benzene rings is 2. The fourth-order valence-corrected chi connectivity index (χ4v) is 5.13. The topological polar surface area (TPSA) is 171 Å². The van der Waals surface area contributed by atoms with Crippen LogP contribution in [-0.2, 0) is 32.0 Å². The van der Waals surface area contributed by atoms with Gasteiger partial charge in [0.25, 0.3) is 5.91 Å². The minimum atomic E-state index is -1.20. The number of nitrogens with one attached hydrogen (secondary N) is 4. The molecule has 3 aromatic rings. The Kier molecular flexibility index (Phi) is 15.0. The van der Waals surface area contributed by atoms with Crippen molar-refractivity contribution >= 4 is 24.0 Å². The van der Waals surface area contributed by atoms with E-state index in [4.69, 9.17) is 9.47 Å². The van der Waals surface area contributed by atoms with Crippen LogP contribution in [-0.4, -0.2) is 84.1 Å². The van der Waals surface area contributed by atoms with Crippen LogP contribution in [0.2, 0.25) is 0 Å². The van der Waals surface area contributed by atoms with Crippen LogP contribution in [0.1, 0.15) is 38.8 Å². The summed E-state index contributed by atoms with van der Waals surface area (Å²) in [5.41, 5.74) is 6.26. The molecule has 3 rings (SSSR count). The number of methoxy groups -OCH3 is 2. The quantitative estimate of drug-likeness (QED) is 0.143. The fourth-order valence-electron chi connectivity index (χ4n) is 5.13. The smallest absolute Gasteiger partial charge is 0.407 e. The second-order valence-electron chi connectivity index (χ2n) is 12.4. The summed E-state index contributed by atoms with van der Waals surface area (Å²) in [5, 5.41) is 21.3. The van der Waals surface area contributed by atoms with Crippen molar-refractivity contribution < 1.29 is 33.8 Å². The first-order valence-electron chi connectivity index (χ1n) is 16.2. The van der Waals surface area contributed by atoms with Crippen LogP contribution in [0.4, 0.5) is 9.59 Å². The van der Waals surface area contributed by atoms with E-state index in [1.54, 1.807) is 38.9 Å². The average Bonchev–Trinajstić information content (AvgIpc) is 3.09. The lowest BCUT2D eigenvalue weighted by molar-refractivity contribution is -0.131. The summed E-state index contributed by atoms with van der Waals surface area (Å²) in [6, 6.07) is 20.0. The highest BCUT2D eigenvalue weighted by Crippen LogP contribution is 2.18. The molecule has 0 saturated carbocycles. The van der Waals surface area contributed by atoms with E-state index in [1.165, 1.54) is 14.2 Å². The summed E-state index contributed by atoms with van der Waals surface area (Å²) in [7, 11) is 2.43. The zero-order valence-electron chi connectivity index (χ0n) is 28.9. The van der Waals surface area contributed by atoms with E-state index in [0.717, 1.165) is 22.4 Å². The Morgan fingerprint density at radius 3 is 1.84 bits per heavy atom. The van der Waals surface area contributed by atoms with Gasteiger partial charge in [0, 0.05) is 24.8 Å². The molecule has 3 unspecified atom stereocenters. The predicted molar refractivity (Wildman–Crippen MR) is 185 cm³/mol. The Morgan fingerprint density at radius 2 is 1.31 bits per heavy atom. The number of aromatic nitrogens is 1. The van der Waals surface area contributed by atoms with Crippen molar-refractivity contribution in [1.29, 1.82) is 0 Å². The van der Waals surface area contributed by atoms with Crippen molar-refractivity contribution in [2.75, 3.05) is 20.8 Å². The number of rotatable bonds is 16. The SMILES string of the molecule is COC(=O)NC(C(=O)N[C@H](Cc1ccccc1)C(O)CN(Cc1ccc(-c2ccccn2)cc1)NC(=O)C(NC(=O)OC)C(C)C)C(C)C. The van der Waals surface area contributed by atoms with Crippen LogP contribution in [0.5, 0.6) is 0 Å². The van der Waals surface area contributed by atoms with Gasteiger partial charge in [-0.15, -0.1) is 0 Å². The van der Waals surface area contributed by atoms with Crippen LogP contribution >= 0.6 is 0 Å². The number of carbonyl (C=O) groups excluding carboxylic acids is 4. The number of hydrazine groups is 1. The predicted octanol–water partition coefficient (Wildman–Crippen LogP) is 3.43. The Balaban J connectivity index is 1.91. The van der Waals surface area contributed by atoms with E-state index >= 15 is 0 Å². The Morgan fingerprint density at radius 1 is 0.735 bits per heavy atom. The van der Waals surface area contributed by atoms with Gasteiger partial charge in [-0.05, 0) is 41.5 Å². The molecule has 0 bridgehead atoms. The minimum Gasteiger partial charge on any atom is -0.453 e. The molecule has 0 aliphatic carbocycles. The van der Waals surface area contributed by atoms with E-state index in [-0.39, 0.29) is 31.3 Å². The van der Waals surface area contributed by atoms with Gasteiger partial charge < -0.3 is 30.5 Å². The van der Waals surface area contributed by atoms with E-state index in [0.29, 0.717) is 0 Å². The third-order valence-corrected chi connectivity index (χ3v) is 7.87. The van der Waals surface area contributed by atoms with Crippen LogP contribution in [0.15, 0.2) is 79.0 Å². The molecule has 0 aliphatic heterocycles. The number of nitrogens with zero attached hydrogens (tertiary/aromatic N) is 2. The largest absolute Gasteiger partial charge is 0.453 e. The number of carbonyl (C=O) groups is 4. The molecule has 5 N–H and O–H groups in total. The summed E-state index contributed by atoms with van der Waals surface area (Å²) in [5.74, 6) is -1.58. The maximum absolute atomic E-state index is 13.6. The van der Waals surface area contributed by atoms with Gasteiger partial charge in [0.05, 0.1) is 32.1 Å². The lowest BCUT2D eigenvalue weighted by atomic mass is 9.98. The first kappa shape index (κ1) is 38.4. The number of pyridine rings is 1. The molecule has 1 heterocycles. The Labute approximate surface area is 287 Å². The van der Waals surface area contributed by atoms with E-state index in [2.05, 4.69) is 26.4 Å². The van der Waals surface area contributed by atoms with Crippen LogP contribution in [0.3, 0.4) is 0 Å². The van der Waals surface area contributed by atoms with Crippen LogP contribution in [0, 0.1) is 11.8 Å². The zero-order chi connectivity index (χ0) is 35.9. The van der Waals surface area contributed by atoms with Gasteiger partial charge in [0.2, 0.25) is 5.91 Å². The maximum atomic E-state index is 13.6. The number of alkyl carbamates (subject to hydrolysis) is 2. The van der Waals surface area contributed by atoms with Crippen LogP contribution in [0.25, 0.3) is 11.3 Å². The monoisotopic (exact) mass is 676 g/mol. The molecule has 264 valence electrons. The molecule has 4 atom stereocenters. The summed E-state index contributed by atoms with van der Waals surface area (Å²) >= 11 is 0. The second-order valence-corrected chi connectivity index (χ2v) is 12.4. The highest BCUT2D eigenvalue weighted by molar-refractivity contribution is 5.86. The lowest BCUT2D eigenvalue weighted by Gasteiger charge is -2.33. The summed E-state index contributed by atoms with van der Waals surface area (Å²) in [6.45, 7) is 7.22. The lowest BCUT2D eigenvalue weighted by Crippen LogP contribution is -2.59. The number of aliphatic hydroxyl groups is 1.